The van der Waals surface area contributed by atoms with Crippen LogP contribution >= 0.6 is 11.6 Å². The maximum absolute atomic E-state index is 12.5. The highest BCUT2D eigenvalue weighted by atomic mass is 35.5. The molecule has 0 unspecified atom stereocenters. The summed E-state index contributed by atoms with van der Waals surface area (Å²) in [7, 11) is 1.56. The molecule has 0 radical (unpaired) electrons. The number of rotatable bonds is 4. The Labute approximate surface area is 136 Å². The predicted octanol–water partition coefficient (Wildman–Crippen LogP) is 2.70. The molecule has 1 aliphatic heterocycles. The summed E-state index contributed by atoms with van der Waals surface area (Å²) in [6.07, 6.45) is 0.149. The van der Waals surface area contributed by atoms with Crippen LogP contribution in [0.3, 0.4) is 0 Å². The van der Waals surface area contributed by atoms with Gasteiger partial charge in [-0.05, 0) is 32.4 Å². The summed E-state index contributed by atoms with van der Waals surface area (Å²) in [4.78, 5) is 14.6. The summed E-state index contributed by atoms with van der Waals surface area (Å²) in [5, 5.41) is 3.55. The van der Waals surface area contributed by atoms with Gasteiger partial charge in [-0.2, -0.15) is 0 Å². The fraction of sp³-hybridized carbons (Fsp3) is 0.562. The lowest BCUT2D eigenvalue weighted by Gasteiger charge is -2.34. The lowest BCUT2D eigenvalue weighted by Crippen LogP contribution is -2.50. The van der Waals surface area contributed by atoms with Crippen molar-refractivity contribution in [3.8, 4) is 5.75 Å². The zero-order valence-electron chi connectivity index (χ0n) is 13.5. The molecule has 0 aromatic heterocycles. The van der Waals surface area contributed by atoms with Crippen LogP contribution in [-0.4, -0.2) is 49.8 Å². The number of carbonyl (C=O) groups excluding carboxylic acids is 1. The molecule has 2 atom stereocenters. The fourth-order valence-electron chi connectivity index (χ4n) is 2.53. The van der Waals surface area contributed by atoms with Gasteiger partial charge in [0, 0.05) is 24.2 Å². The maximum atomic E-state index is 12.5. The first-order valence-electron chi connectivity index (χ1n) is 7.43. The molecular formula is C16H23ClN2O3. The summed E-state index contributed by atoms with van der Waals surface area (Å²) in [6.45, 7) is 7.98. The van der Waals surface area contributed by atoms with E-state index in [2.05, 4.69) is 10.2 Å². The molecule has 1 heterocycles. The number of halogens is 1. The van der Waals surface area contributed by atoms with E-state index in [-0.39, 0.29) is 18.1 Å². The number of hydrogen-bond acceptors (Lipinski definition) is 4. The first-order chi connectivity index (χ1) is 10.4. The lowest BCUT2D eigenvalue weighted by molar-refractivity contribution is -0.123. The largest absolute Gasteiger partial charge is 0.495 e. The third-order valence-electron chi connectivity index (χ3n) is 3.94. The van der Waals surface area contributed by atoms with E-state index >= 15 is 0 Å². The zero-order chi connectivity index (χ0) is 16.3. The van der Waals surface area contributed by atoms with Crippen LogP contribution in [0.2, 0.25) is 5.02 Å². The number of benzene rings is 1. The number of amides is 1. The average molecular weight is 327 g/mol. The van der Waals surface area contributed by atoms with Crippen LogP contribution < -0.4 is 10.1 Å². The number of anilines is 1. The summed E-state index contributed by atoms with van der Waals surface area (Å²) in [6, 6.07) is 3.31. The third-order valence-corrected chi connectivity index (χ3v) is 4.35. The Morgan fingerprint density at radius 1 is 1.55 bits per heavy atom. The summed E-state index contributed by atoms with van der Waals surface area (Å²) >= 11 is 6.09. The Bertz CT molecular complexity index is 550. The number of nitrogens with zero attached hydrogens (tertiary/aromatic N) is 1. The van der Waals surface area contributed by atoms with E-state index < -0.39 is 0 Å². The van der Waals surface area contributed by atoms with Gasteiger partial charge in [0.2, 0.25) is 5.91 Å². The highest BCUT2D eigenvalue weighted by molar-refractivity contribution is 6.31. The number of morpholine rings is 1. The van der Waals surface area contributed by atoms with Crippen molar-refractivity contribution < 1.29 is 14.3 Å². The smallest absolute Gasteiger partial charge is 0.241 e. The van der Waals surface area contributed by atoms with Gasteiger partial charge in [0.1, 0.15) is 5.75 Å². The molecule has 0 bridgehead atoms. The van der Waals surface area contributed by atoms with Crippen LogP contribution in [0.4, 0.5) is 5.69 Å². The topological polar surface area (TPSA) is 50.8 Å². The molecule has 0 saturated carbocycles. The highest BCUT2D eigenvalue weighted by Gasteiger charge is 2.26. The number of ether oxygens (including phenoxy) is 2. The molecule has 122 valence electrons. The van der Waals surface area contributed by atoms with E-state index in [1.807, 2.05) is 26.8 Å². The van der Waals surface area contributed by atoms with Crippen LogP contribution in [0.15, 0.2) is 12.1 Å². The normalized spacial score (nSPS) is 20.5. The van der Waals surface area contributed by atoms with Crippen LogP contribution in [0, 0.1) is 6.92 Å². The van der Waals surface area contributed by atoms with E-state index in [1.165, 1.54) is 0 Å². The third kappa shape index (κ3) is 3.91. The van der Waals surface area contributed by atoms with Crippen LogP contribution in [0.1, 0.15) is 19.4 Å². The van der Waals surface area contributed by atoms with Crippen LogP contribution in [0.5, 0.6) is 5.75 Å². The minimum atomic E-state index is -0.230. The second kappa shape index (κ2) is 7.31. The SMILES string of the molecule is COc1cc(Cl)c(C)cc1NC(=O)[C@H](C)N1CCO[C@H](C)C1. The molecular weight excluding hydrogens is 304 g/mol. The molecule has 6 heteroatoms. The first-order valence-corrected chi connectivity index (χ1v) is 7.80. The molecule has 1 saturated heterocycles. The van der Waals surface area contributed by atoms with E-state index in [0.717, 1.165) is 18.7 Å². The molecule has 1 aromatic rings. The second-order valence-corrected chi connectivity index (χ2v) is 6.05. The van der Waals surface area contributed by atoms with Crippen molar-refractivity contribution in [3.05, 3.63) is 22.7 Å². The Balaban J connectivity index is 2.09. The molecule has 1 N–H and O–H groups in total. The summed E-state index contributed by atoms with van der Waals surface area (Å²) in [5.41, 5.74) is 1.54. The van der Waals surface area contributed by atoms with Crippen molar-refractivity contribution in [1.82, 2.24) is 4.90 Å². The predicted molar refractivity (Wildman–Crippen MR) is 87.8 cm³/mol. The number of aryl methyl sites for hydroxylation is 1. The second-order valence-electron chi connectivity index (χ2n) is 5.64. The fourth-order valence-corrected chi connectivity index (χ4v) is 2.68. The molecule has 0 spiro atoms. The van der Waals surface area contributed by atoms with E-state index in [1.54, 1.807) is 13.2 Å². The molecule has 1 aromatic carbocycles. The molecule has 1 amide bonds. The number of nitrogens with one attached hydrogen (secondary N) is 1. The van der Waals surface area contributed by atoms with E-state index in [4.69, 9.17) is 21.1 Å². The molecule has 1 fully saturated rings. The highest BCUT2D eigenvalue weighted by Crippen LogP contribution is 2.31. The van der Waals surface area contributed by atoms with Crippen molar-refractivity contribution in [1.29, 1.82) is 0 Å². The Morgan fingerprint density at radius 3 is 2.91 bits per heavy atom. The minimum absolute atomic E-state index is 0.0610. The monoisotopic (exact) mass is 326 g/mol. The standard InChI is InChI=1S/C16H23ClN2O3/c1-10-7-14(15(21-4)8-13(10)17)18-16(20)12(3)19-5-6-22-11(2)9-19/h7-8,11-12H,5-6,9H2,1-4H3,(H,18,20)/t11-,12+/m1/s1. The molecule has 2 rings (SSSR count). The van der Waals surface area contributed by atoms with Crippen molar-refractivity contribution in [3.63, 3.8) is 0 Å². The quantitative estimate of drug-likeness (QED) is 0.924. The van der Waals surface area contributed by atoms with Crippen LogP contribution in [0.25, 0.3) is 0 Å². The van der Waals surface area contributed by atoms with Gasteiger partial charge in [-0.1, -0.05) is 11.6 Å². The van der Waals surface area contributed by atoms with E-state index in [9.17, 15) is 4.79 Å². The number of carbonyl (C=O) groups is 1. The number of methoxy groups -OCH3 is 1. The van der Waals surface area contributed by atoms with Gasteiger partial charge < -0.3 is 14.8 Å². The molecule has 1 aliphatic rings. The van der Waals surface area contributed by atoms with Crippen molar-refractivity contribution >= 4 is 23.2 Å². The van der Waals surface area contributed by atoms with Gasteiger partial charge in [-0.3, -0.25) is 9.69 Å². The van der Waals surface area contributed by atoms with Gasteiger partial charge in [0.05, 0.1) is 31.5 Å². The average Bonchev–Trinajstić information content (AvgIpc) is 2.49. The Morgan fingerprint density at radius 2 is 2.27 bits per heavy atom. The van der Waals surface area contributed by atoms with Gasteiger partial charge in [0.25, 0.3) is 0 Å². The van der Waals surface area contributed by atoms with Crippen molar-refractivity contribution in [2.75, 3.05) is 32.1 Å². The first kappa shape index (κ1) is 17.1. The zero-order valence-corrected chi connectivity index (χ0v) is 14.2. The summed E-state index contributed by atoms with van der Waals surface area (Å²) < 4.78 is 10.8. The maximum Gasteiger partial charge on any atom is 0.241 e. The molecule has 0 aliphatic carbocycles. The van der Waals surface area contributed by atoms with Gasteiger partial charge in [-0.25, -0.2) is 0 Å². The minimum Gasteiger partial charge on any atom is -0.495 e. The molecule has 5 nitrogen and oxygen atoms in total. The Kier molecular flexibility index (Phi) is 5.67. The van der Waals surface area contributed by atoms with E-state index in [0.29, 0.717) is 23.1 Å². The summed E-state index contributed by atoms with van der Waals surface area (Å²) in [5.74, 6) is 0.501. The van der Waals surface area contributed by atoms with Crippen molar-refractivity contribution in [2.24, 2.45) is 0 Å². The van der Waals surface area contributed by atoms with Crippen molar-refractivity contribution in [2.45, 2.75) is 32.9 Å². The van der Waals surface area contributed by atoms with Gasteiger partial charge >= 0.3 is 0 Å². The van der Waals surface area contributed by atoms with Gasteiger partial charge in [-0.15, -0.1) is 0 Å². The molecule has 22 heavy (non-hydrogen) atoms. The van der Waals surface area contributed by atoms with Gasteiger partial charge in [0.15, 0.2) is 0 Å². The Hall–Kier alpha value is -1.30. The lowest BCUT2D eigenvalue weighted by atomic mass is 10.1. The van der Waals surface area contributed by atoms with Crippen LogP contribution in [-0.2, 0) is 9.53 Å². The number of hydrogen-bond donors (Lipinski definition) is 1.